The van der Waals surface area contributed by atoms with Gasteiger partial charge in [-0.3, -0.25) is 4.79 Å². The first-order valence-corrected chi connectivity index (χ1v) is 7.26. The smallest absolute Gasteiger partial charge is 0.312 e. The molecule has 2 unspecified atom stereocenters. The van der Waals surface area contributed by atoms with Gasteiger partial charge >= 0.3 is 5.97 Å². The number of rotatable bonds is 3. The molecule has 5 nitrogen and oxygen atoms in total. The second kappa shape index (κ2) is 5.60. The van der Waals surface area contributed by atoms with E-state index in [1.54, 1.807) is 0 Å². The van der Waals surface area contributed by atoms with Gasteiger partial charge in [-0.2, -0.15) is 5.10 Å². The van der Waals surface area contributed by atoms with Crippen LogP contribution in [-0.4, -0.2) is 28.9 Å². The van der Waals surface area contributed by atoms with Crippen LogP contribution >= 0.6 is 0 Å². The van der Waals surface area contributed by atoms with Gasteiger partial charge in [0.25, 0.3) is 0 Å². The summed E-state index contributed by atoms with van der Waals surface area (Å²) in [6, 6.07) is 12.0. The first-order valence-electron chi connectivity index (χ1n) is 7.26. The largest absolute Gasteiger partial charge is 0.466 e. The van der Waals surface area contributed by atoms with E-state index < -0.39 is 0 Å². The van der Waals surface area contributed by atoms with E-state index >= 15 is 0 Å². The predicted molar refractivity (Wildman–Crippen MR) is 81.0 cm³/mol. The van der Waals surface area contributed by atoms with Crippen LogP contribution in [0.25, 0.3) is 11.3 Å². The molecule has 2 heterocycles. The number of hydrogen-bond donors (Lipinski definition) is 1. The number of nitrogens with zero attached hydrogens (tertiary/aromatic N) is 2. The Balaban J connectivity index is 1.89. The number of benzene rings is 1. The number of carbonyl (C=O) groups is 1. The normalized spacial score (nSPS) is 20.5. The molecule has 1 aromatic heterocycles. The number of hydrogen-bond acceptors (Lipinski definition) is 4. The van der Waals surface area contributed by atoms with Crippen LogP contribution in [0.15, 0.2) is 36.4 Å². The molecule has 0 radical (unpaired) electrons. The van der Waals surface area contributed by atoms with E-state index in [9.17, 15) is 4.79 Å². The first kappa shape index (κ1) is 13.7. The zero-order valence-electron chi connectivity index (χ0n) is 12.2. The highest BCUT2D eigenvalue weighted by Gasteiger charge is 2.33. The van der Waals surface area contributed by atoms with E-state index in [1.165, 1.54) is 0 Å². The van der Waals surface area contributed by atoms with Gasteiger partial charge in [0.05, 0.1) is 24.3 Å². The molecule has 0 saturated carbocycles. The highest BCUT2D eigenvalue weighted by Crippen LogP contribution is 2.31. The van der Waals surface area contributed by atoms with Crippen LogP contribution in [0.2, 0.25) is 0 Å². The van der Waals surface area contributed by atoms with E-state index in [0.29, 0.717) is 13.2 Å². The fraction of sp³-hybridized carbons (Fsp3) is 0.375. The second-order valence-corrected chi connectivity index (χ2v) is 5.21. The van der Waals surface area contributed by atoms with Gasteiger partial charge in [-0.05, 0) is 13.8 Å². The van der Waals surface area contributed by atoms with Crippen molar-refractivity contribution in [2.24, 2.45) is 5.92 Å². The molecule has 5 heteroatoms. The van der Waals surface area contributed by atoms with Crippen molar-refractivity contribution in [1.82, 2.24) is 9.78 Å². The van der Waals surface area contributed by atoms with E-state index in [1.807, 2.05) is 54.9 Å². The Labute approximate surface area is 123 Å². The van der Waals surface area contributed by atoms with Crippen molar-refractivity contribution in [1.29, 1.82) is 0 Å². The van der Waals surface area contributed by atoms with Crippen LogP contribution in [0.1, 0.15) is 19.9 Å². The topological polar surface area (TPSA) is 56.1 Å². The molecule has 3 rings (SSSR count). The zero-order valence-corrected chi connectivity index (χ0v) is 12.2. The minimum absolute atomic E-state index is 0.0160. The Kier molecular flexibility index (Phi) is 3.64. The highest BCUT2D eigenvalue weighted by molar-refractivity contribution is 5.75. The van der Waals surface area contributed by atoms with E-state index in [0.717, 1.165) is 17.1 Å². The minimum Gasteiger partial charge on any atom is -0.466 e. The lowest BCUT2D eigenvalue weighted by Crippen LogP contribution is -2.37. The zero-order chi connectivity index (χ0) is 14.8. The standard InChI is InChI=1S/C16H19N3O2/c1-3-21-16(20)13-10-17-15-9-14(18-19(15)11(13)2)12-7-5-4-6-8-12/h4-9,11,13,17H,3,10H2,1-2H3. The molecule has 2 aromatic rings. The molecule has 0 fully saturated rings. The fourth-order valence-corrected chi connectivity index (χ4v) is 2.67. The molecule has 21 heavy (non-hydrogen) atoms. The number of esters is 1. The minimum atomic E-state index is -0.207. The third-order valence-corrected chi connectivity index (χ3v) is 3.87. The summed E-state index contributed by atoms with van der Waals surface area (Å²) in [4.78, 5) is 12.0. The summed E-state index contributed by atoms with van der Waals surface area (Å²) in [6.45, 7) is 4.82. The maximum atomic E-state index is 12.0. The van der Waals surface area contributed by atoms with Gasteiger partial charge in [0.1, 0.15) is 5.82 Å². The summed E-state index contributed by atoms with van der Waals surface area (Å²) < 4.78 is 7.02. The summed E-state index contributed by atoms with van der Waals surface area (Å²) in [5, 5.41) is 7.91. The van der Waals surface area contributed by atoms with E-state index in [-0.39, 0.29) is 17.9 Å². The third-order valence-electron chi connectivity index (χ3n) is 3.87. The number of nitrogens with one attached hydrogen (secondary N) is 1. The lowest BCUT2D eigenvalue weighted by atomic mass is 10.00. The number of aromatic nitrogens is 2. The second-order valence-electron chi connectivity index (χ2n) is 5.21. The quantitative estimate of drug-likeness (QED) is 0.881. The van der Waals surface area contributed by atoms with Crippen LogP contribution in [-0.2, 0) is 9.53 Å². The molecule has 0 spiro atoms. The number of anilines is 1. The summed E-state index contributed by atoms with van der Waals surface area (Å²) in [5.74, 6) is 0.572. The molecule has 2 atom stereocenters. The number of carbonyl (C=O) groups excluding carboxylic acids is 1. The Bertz CT molecular complexity index is 636. The first-order chi connectivity index (χ1) is 10.2. The summed E-state index contributed by atoms with van der Waals surface area (Å²) in [6.07, 6.45) is 0. The summed E-state index contributed by atoms with van der Waals surface area (Å²) in [7, 11) is 0. The van der Waals surface area contributed by atoms with Gasteiger partial charge in [0.2, 0.25) is 0 Å². The molecular formula is C16H19N3O2. The molecule has 0 aliphatic carbocycles. The van der Waals surface area contributed by atoms with Crippen molar-refractivity contribution >= 4 is 11.8 Å². The maximum absolute atomic E-state index is 12.0. The number of fused-ring (bicyclic) bond motifs is 1. The molecule has 1 N–H and O–H groups in total. The summed E-state index contributed by atoms with van der Waals surface area (Å²) in [5.41, 5.74) is 1.98. The van der Waals surface area contributed by atoms with Crippen molar-refractivity contribution in [3.05, 3.63) is 36.4 Å². The molecular weight excluding hydrogens is 266 g/mol. The molecule has 110 valence electrons. The van der Waals surface area contributed by atoms with Gasteiger partial charge in [-0.25, -0.2) is 4.68 Å². The Morgan fingerprint density at radius 2 is 2.19 bits per heavy atom. The Hall–Kier alpha value is -2.30. The van der Waals surface area contributed by atoms with Crippen LogP contribution < -0.4 is 5.32 Å². The lowest BCUT2D eigenvalue weighted by molar-refractivity contribution is -0.149. The monoisotopic (exact) mass is 285 g/mol. The summed E-state index contributed by atoms with van der Waals surface area (Å²) >= 11 is 0. The maximum Gasteiger partial charge on any atom is 0.312 e. The average molecular weight is 285 g/mol. The van der Waals surface area contributed by atoms with Gasteiger partial charge in [0.15, 0.2) is 0 Å². The molecule has 1 aliphatic rings. The van der Waals surface area contributed by atoms with Crippen molar-refractivity contribution in [3.8, 4) is 11.3 Å². The van der Waals surface area contributed by atoms with Crippen molar-refractivity contribution < 1.29 is 9.53 Å². The van der Waals surface area contributed by atoms with Crippen molar-refractivity contribution in [2.75, 3.05) is 18.5 Å². The SMILES string of the molecule is CCOC(=O)C1CNc2cc(-c3ccccc3)nn2C1C. The van der Waals surface area contributed by atoms with Crippen LogP contribution in [0, 0.1) is 5.92 Å². The van der Waals surface area contributed by atoms with Gasteiger partial charge in [-0.1, -0.05) is 30.3 Å². The molecule has 0 amide bonds. The third kappa shape index (κ3) is 2.51. The Morgan fingerprint density at radius 1 is 1.43 bits per heavy atom. The predicted octanol–water partition coefficient (Wildman–Crippen LogP) is 2.72. The van der Waals surface area contributed by atoms with Gasteiger partial charge in [0, 0.05) is 18.2 Å². The highest BCUT2D eigenvalue weighted by atomic mass is 16.5. The molecule has 1 aromatic carbocycles. The lowest BCUT2D eigenvalue weighted by Gasteiger charge is -2.29. The van der Waals surface area contributed by atoms with Gasteiger partial charge < -0.3 is 10.1 Å². The molecule has 0 bridgehead atoms. The van der Waals surface area contributed by atoms with E-state index in [2.05, 4.69) is 10.4 Å². The van der Waals surface area contributed by atoms with Crippen LogP contribution in [0.3, 0.4) is 0 Å². The molecule has 0 saturated heterocycles. The Morgan fingerprint density at radius 3 is 2.90 bits per heavy atom. The fourth-order valence-electron chi connectivity index (χ4n) is 2.67. The van der Waals surface area contributed by atoms with Crippen molar-refractivity contribution in [2.45, 2.75) is 19.9 Å². The van der Waals surface area contributed by atoms with Crippen LogP contribution in [0.4, 0.5) is 5.82 Å². The van der Waals surface area contributed by atoms with Gasteiger partial charge in [-0.15, -0.1) is 0 Å². The molecule has 1 aliphatic heterocycles. The van der Waals surface area contributed by atoms with E-state index in [4.69, 9.17) is 4.74 Å². The number of ether oxygens (including phenoxy) is 1. The van der Waals surface area contributed by atoms with Crippen molar-refractivity contribution in [3.63, 3.8) is 0 Å². The van der Waals surface area contributed by atoms with Crippen LogP contribution in [0.5, 0.6) is 0 Å². The average Bonchev–Trinajstić information content (AvgIpc) is 2.94.